The van der Waals surface area contributed by atoms with Crippen molar-refractivity contribution in [1.29, 1.82) is 0 Å². The molecule has 0 aromatic heterocycles. The topological polar surface area (TPSA) is 142 Å². The number of carbonyl (C=O) groups excluding carboxylic acids is 2. The molecule has 0 aliphatic carbocycles. The van der Waals surface area contributed by atoms with Crippen molar-refractivity contribution in [2.75, 3.05) is 6.61 Å². The number of aliphatic hydroxyl groups is 1. The molecule has 2 aromatic rings. The van der Waals surface area contributed by atoms with Crippen molar-refractivity contribution in [2.45, 2.75) is 31.0 Å². The molecular formula is C21H25N3O5. The van der Waals surface area contributed by atoms with E-state index < -0.39 is 42.5 Å². The van der Waals surface area contributed by atoms with E-state index in [0.29, 0.717) is 0 Å². The number of rotatable bonds is 10. The third-order valence-corrected chi connectivity index (χ3v) is 4.35. The molecule has 3 atom stereocenters. The molecule has 0 saturated carbocycles. The molecule has 29 heavy (non-hydrogen) atoms. The van der Waals surface area contributed by atoms with E-state index in [1.165, 1.54) is 0 Å². The largest absolute Gasteiger partial charge is 0.480 e. The minimum Gasteiger partial charge on any atom is -0.480 e. The first-order valence-electron chi connectivity index (χ1n) is 9.18. The van der Waals surface area contributed by atoms with Gasteiger partial charge in [-0.1, -0.05) is 60.7 Å². The van der Waals surface area contributed by atoms with Gasteiger partial charge in [0.1, 0.15) is 18.1 Å². The highest BCUT2D eigenvalue weighted by molar-refractivity contribution is 5.92. The molecule has 0 fully saturated rings. The summed E-state index contributed by atoms with van der Waals surface area (Å²) in [5.74, 6) is -2.52. The van der Waals surface area contributed by atoms with Crippen LogP contribution in [0, 0.1) is 0 Å². The Kier molecular flexibility index (Phi) is 8.32. The number of carbonyl (C=O) groups is 3. The van der Waals surface area contributed by atoms with Crippen LogP contribution in [0.2, 0.25) is 0 Å². The van der Waals surface area contributed by atoms with Gasteiger partial charge in [0.15, 0.2) is 0 Å². The summed E-state index contributed by atoms with van der Waals surface area (Å²) >= 11 is 0. The van der Waals surface area contributed by atoms with Gasteiger partial charge in [-0.3, -0.25) is 9.59 Å². The molecule has 0 aliphatic heterocycles. The first kappa shape index (κ1) is 22.1. The molecule has 8 heteroatoms. The first-order chi connectivity index (χ1) is 13.9. The molecule has 0 bridgehead atoms. The second-order valence-corrected chi connectivity index (χ2v) is 6.63. The minimum absolute atomic E-state index is 0.101. The van der Waals surface area contributed by atoms with Crippen LogP contribution in [0.4, 0.5) is 0 Å². The number of hydrogen-bond donors (Lipinski definition) is 5. The predicted molar refractivity (Wildman–Crippen MR) is 107 cm³/mol. The van der Waals surface area contributed by atoms with Crippen molar-refractivity contribution in [3.8, 4) is 0 Å². The fourth-order valence-corrected chi connectivity index (χ4v) is 2.74. The number of nitrogens with one attached hydrogen (secondary N) is 2. The number of amides is 2. The zero-order valence-corrected chi connectivity index (χ0v) is 15.8. The summed E-state index contributed by atoms with van der Waals surface area (Å²) < 4.78 is 0. The maximum atomic E-state index is 12.8. The van der Waals surface area contributed by atoms with Crippen molar-refractivity contribution in [1.82, 2.24) is 10.6 Å². The van der Waals surface area contributed by atoms with Gasteiger partial charge in [0.2, 0.25) is 11.8 Å². The zero-order chi connectivity index (χ0) is 21.2. The Morgan fingerprint density at radius 2 is 1.24 bits per heavy atom. The van der Waals surface area contributed by atoms with Gasteiger partial charge < -0.3 is 26.6 Å². The van der Waals surface area contributed by atoms with E-state index in [1.807, 2.05) is 12.1 Å². The highest BCUT2D eigenvalue weighted by Gasteiger charge is 2.28. The van der Waals surface area contributed by atoms with Gasteiger partial charge in [-0.15, -0.1) is 0 Å². The van der Waals surface area contributed by atoms with Crippen LogP contribution >= 0.6 is 0 Å². The fraction of sp³-hybridized carbons (Fsp3) is 0.286. The van der Waals surface area contributed by atoms with Gasteiger partial charge in [0.25, 0.3) is 0 Å². The fourth-order valence-electron chi connectivity index (χ4n) is 2.74. The zero-order valence-electron chi connectivity index (χ0n) is 15.8. The molecule has 2 rings (SSSR count). The van der Waals surface area contributed by atoms with Gasteiger partial charge >= 0.3 is 5.97 Å². The summed E-state index contributed by atoms with van der Waals surface area (Å²) in [6.07, 6.45) is 0.248. The molecule has 0 heterocycles. The lowest BCUT2D eigenvalue weighted by Crippen LogP contribution is -2.56. The quantitative estimate of drug-likeness (QED) is 0.376. The maximum absolute atomic E-state index is 12.8. The lowest BCUT2D eigenvalue weighted by atomic mass is 10.0. The Morgan fingerprint density at radius 3 is 1.69 bits per heavy atom. The summed E-state index contributed by atoms with van der Waals surface area (Å²) in [5, 5.41) is 23.6. The van der Waals surface area contributed by atoms with Crippen molar-refractivity contribution < 1.29 is 24.6 Å². The van der Waals surface area contributed by atoms with Gasteiger partial charge in [0, 0.05) is 12.8 Å². The van der Waals surface area contributed by atoms with E-state index in [-0.39, 0.29) is 12.8 Å². The van der Waals surface area contributed by atoms with Crippen LogP contribution in [0.5, 0.6) is 0 Å². The van der Waals surface area contributed by atoms with Crippen LogP contribution in [0.1, 0.15) is 11.1 Å². The number of benzene rings is 2. The molecular weight excluding hydrogens is 374 g/mol. The highest BCUT2D eigenvalue weighted by Crippen LogP contribution is 2.07. The summed E-state index contributed by atoms with van der Waals surface area (Å²) in [4.78, 5) is 36.5. The van der Waals surface area contributed by atoms with Crippen LogP contribution in [-0.2, 0) is 27.2 Å². The molecule has 0 unspecified atom stereocenters. The van der Waals surface area contributed by atoms with E-state index in [2.05, 4.69) is 10.6 Å². The average Bonchev–Trinajstić information content (AvgIpc) is 2.73. The Hall–Kier alpha value is -3.23. The van der Waals surface area contributed by atoms with Crippen LogP contribution in [0.3, 0.4) is 0 Å². The standard InChI is InChI=1S/C21H25N3O5/c22-16(13-25)19(26)23-17(11-14-7-3-1-4-8-14)20(27)24-18(21(28)29)12-15-9-5-2-6-10-15/h1-10,16-18,25H,11-13,22H2,(H,23,26)(H,24,27)(H,28,29)/t16-,17-,18-/m0/s1. The normalized spacial score (nSPS) is 13.7. The van der Waals surface area contributed by atoms with Gasteiger partial charge in [-0.2, -0.15) is 0 Å². The number of aliphatic hydroxyl groups excluding tert-OH is 1. The van der Waals surface area contributed by atoms with E-state index in [4.69, 9.17) is 10.8 Å². The highest BCUT2D eigenvalue weighted by atomic mass is 16.4. The molecule has 0 saturated heterocycles. The second kappa shape index (κ2) is 10.9. The van der Waals surface area contributed by atoms with Crippen LogP contribution in [0.15, 0.2) is 60.7 Å². The first-order valence-corrected chi connectivity index (χ1v) is 9.18. The number of nitrogens with two attached hydrogens (primary N) is 1. The summed E-state index contributed by atoms with van der Waals surface area (Å²) in [6, 6.07) is 14.5. The number of carboxylic acid groups (broad SMARTS) is 1. The van der Waals surface area contributed by atoms with E-state index in [0.717, 1.165) is 11.1 Å². The monoisotopic (exact) mass is 399 g/mol. The van der Waals surface area contributed by atoms with Crippen molar-refractivity contribution in [3.05, 3.63) is 71.8 Å². The third kappa shape index (κ3) is 7.02. The van der Waals surface area contributed by atoms with Gasteiger partial charge in [0.05, 0.1) is 6.61 Å². The van der Waals surface area contributed by atoms with Crippen LogP contribution < -0.4 is 16.4 Å². The second-order valence-electron chi connectivity index (χ2n) is 6.63. The van der Waals surface area contributed by atoms with Gasteiger partial charge in [-0.05, 0) is 11.1 Å². The van der Waals surface area contributed by atoms with E-state index in [1.54, 1.807) is 48.5 Å². The molecule has 6 N–H and O–H groups in total. The molecule has 154 valence electrons. The smallest absolute Gasteiger partial charge is 0.326 e. The van der Waals surface area contributed by atoms with Gasteiger partial charge in [-0.25, -0.2) is 4.79 Å². The summed E-state index contributed by atoms with van der Waals surface area (Å²) in [6.45, 7) is -0.572. The Labute approximate surface area is 168 Å². The molecule has 0 radical (unpaired) electrons. The summed E-state index contributed by atoms with van der Waals surface area (Å²) in [7, 11) is 0. The molecule has 2 aromatic carbocycles. The molecule has 0 spiro atoms. The number of hydrogen-bond acceptors (Lipinski definition) is 5. The van der Waals surface area contributed by atoms with Crippen molar-refractivity contribution >= 4 is 17.8 Å². The SMILES string of the molecule is N[C@@H](CO)C(=O)N[C@@H](Cc1ccccc1)C(=O)N[C@@H](Cc1ccccc1)C(=O)O. The third-order valence-electron chi connectivity index (χ3n) is 4.35. The predicted octanol–water partition coefficient (Wildman–Crippen LogP) is -0.154. The number of carboxylic acids is 1. The molecule has 2 amide bonds. The summed E-state index contributed by atoms with van der Waals surface area (Å²) in [5.41, 5.74) is 7.06. The Bertz CT molecular complexity index is 814. The van der Waals surface area contributed by atoms with E-state index in [9.17, 15) is 19.5 Å². The lowest BCUT2D eigenvalue weighted by molar-refractivity contribution is -0.142. The molecule has 8 nitrogen and oxygen atoms in total. The van der Waals surface area contributed by atoms with E-state index >= 15 is 0 Å². The minimum atomic E-state index is -1.18. The van der Waals surface area contributed by atoms with Crippen LogP contribution in [-0.4, -0.2) is 52.7 Å². The van der Waals surface area contributed by atoms with Crippen LogP contribution in [0.25, 0.3) is 0 Å². The Balaban J connectivity index is 2.15. The molecule has 0 aliphatic rings. The maximum Gasteiger partial charge on any atom is 0.326 e. The lowest BCUT2D eigenvalue weighted by Gasteiger charge is -2.23. The van der Waals surface area contributed by atoms with Crippen molar-refractivity contribution in [3.63, 3.8) is 0 Å². The Morgan fingerprint density at radius 1 is 0.793 bits per heavy atom. The number of aliphatic carboxylic acids is 1. The average molecular weight is 399 g/mol. The van der Waals surface area contributed by atoms with Crippen molar-refractivity contribution in [2.24, 2.45) is 5.73 Å².